The van der Waals surface area contributed by atoms with Crippen LogP contribution in [0.2, 0.25) is 0 Å². The Morgan fingerprint density at radius 1 is 1.07 bits per heavy atom. The lowest BCUT2D eigenvalue weighted by Crippen LogP contribution is -2.31. The van der Waals surface area contributed by atoms with Crippen molar-refractivity contribution < 1.29 is 14.6 Å². The molecule has 1 aromatic heterocycles. The molecule has 0 aliphatic carbocycles. The van der Waals surface area contributed by atoms with E-state index in [4.69, 9.17) is 15.2 Å². The van der Waals surface area contributed by atoms with Crippen molar-refractivity contribution in [2.75, 3.05) is 5.75 Å². The molecule has 158 valence electrons. The average Bonchev–Trinajstić information content (AvgIpc) is 3.22. The summed E-state index contributed by atoms with van der Waals surface area (Å²) in [5.41, 5.74) is 9.68. The third-order valence-corrected chi connectivity index (χ3v) is 6.22. The summed E-state index contributed by atoms with van der Waals surface area (Å²) in [6.45, 7) is 0.521. The smallest absolute Gasteiger partial charge is 0.209 e. The van der Waals surface area contributed by atoms with Crippen LogP contribution in [0.25, 0.3) is 0 Å². The second-order valence-corrected chi connectivity index (χ2v) is 8.18. The third-order valence-electron chi connectivity index (χ3n) is 5.08. The summed E-state index contributed by atoms with van der Waals surface area (Å²) in [7, 11) is 1.82. The predicted octanol–water partition coefficient (Wildman–Crippen LogP) is 2.50. The molecule has 0 radical (unpaired) electrons. The first kappa shape index (κ1) is 21.0. The van der Waals surface area contributed by atoms with E-state index in [-0.39, 0.29) is 18.8 Å². The third kappa shape index (κ3) is 4.88. The van der Waals surface area contributed by atoms with E-state index in [1.807, 2.05) is 55.6 Å². The van der Waals surface area contributed by atoms with Crippen LogP contribution in [-0.2, 0) is 29.7 Å². The molecule has 3 atom stereocenters. The Labute approximate surface area is 179 Å². The molecule has 0 saturated carbocycles. The number of aryl methyl sites for hydroxylation is 1. The van der Waals surface area contributed by atoms with Gasteiger partial charge >= 0.3 is 0 Å². The number of hydrogen-bond acceptors (Lipinski definition) is 8. The van der Waals surface area contributed by atoms with Gasteiger partial charge in [0.1, 0.15) is 0 Å². The highest BCUT2D eigenvalue weighted by Gasteiger charge is 2.32. The van der Waals surface area contributed by atoms with E-state index in [0.29, 0.717) is 18.7 Å². The maximum atomic E-state index is 9.32. The lowest BCUT2D eigenvalue weighted by molar-refractivity contribution is -0.245. The standard InChI is InChI=1S/C21H25N5O3S/c1-26-21(23-24-25-26)30-13-18-10-19(16-6-4-15(12-27)5-7-16)29-20(28-18)17-8-2-14(11-22)3-9-17/h2-9,18-20,27H,10-13,22H2,1H3/t18-,19+,20+/m0/s1. The number of aromatic nitrogens is 4. The van der Waals surface area contributed by atoms with Gasteiger partial charge in [-0.15, -0.1) is 5.10 Å². The molecule has 0 amide bonds. The summed E-state index contributed by atoms with van der Waals surface area (Å²) in [5.74, 6) is 0.709. The maximum absolute atomic E-state index is 9.32. The van der Waals surface area contributed by atoms with Gasteiger partial charge in [0.15, 0.2) is 6.29 Å². The second-order valence-electron chi connectivity index (χ2n) is 7.19. The minimum absolute atomic E-state index is 0.0238. The average molecular weight is 428 g/mol. The molecule has 0 unspecified atom stereocenters. The number of nitrogens with zero attached hydrogens (tertiary/aromatic N) is 4. The Balaban J connectivity index is 1.53. The van der Waals surface area contributed by atoms with E-state index in [1.165, 1.54) is 0 Å². The van der Waals surface area contributed by atoms with Crippen molar-refractivity contribution in [2.24, 2.45) is 12.8 Å². The van der Waals surface area contributed by atoms with Crippen LogP contribution in [0.15, 0.2) is 53.7 Å². The zero-order valence-electron chi connectivity index (χ0n) is 16.7. The molecule has 4 rings (SSSR count). The molecule has 30 heavy (non-hydrogen) atoms. The van der Waals surface area contributed by atoms with E-state index in [0.717, 1.165) is 27.4 Å². The Hall–Kier alpha value is -2.30. The van der Waals surface area contributed by atoms with Crippen molar-refractivity contribution in [3.05, 3.63) is 70.8 Å². The van der Waals surface area contributed by atoms with Gasteiger partial charge in [-0.2, -0.15) is 0 Å². The molecule has 1 aliphatic rings. The number of rotatable bonds is 7. The molecular formula is C21H25N5O3S. The molecule has 1 aliphatic heterocycles. The van der Waals surface area contributed by atoms with Crippen LogP contribution in [0.5, 0.6) is 0 Å². The molecule has 3 aromatic rings. The highest BCUT2D eigenvalue weighted by atomic mass is 32.2. The van der Waals surface area contributed by atoms with Gasteiger partial charge in [-0.1, -0.05) is 60.3 Å². The van der Waals surface area contributed by atoms with Crippen molar-refractivity contribution >= 4 is 11.8 Å². The molecule has 1 saturated heterocycles. The van der Waals surface area contributed by atoms with Gasteiger partial charge in [0.2, 0.25) is 5.16 Å². The van der Waals surface area contributed by atoms with Gasteiger partial charge in [-0.3, -0.25) is 0 Å². The van der Waals surface area contributed by atoms with Gasteiger partial charge in [0.05, 0.1) is 18.8 Å². The van der Waals surface area contributed by atoms with Crippen molar-refractivity contribution in [2.45, 2.75) is 43.2 Å². The van der Waals surface area contributed by atoms with E-state index >= 15 is 0 Å². The molecule has 0 spiro atoms. The lowest BCUT2D eigenvalue weighted by atomic mass is 10.0. The normalized spacial score (nSPS) is 21.6. The summed E-state index contributed by atoms with van der Waals surface area (Å²) in [6, 6.07) is 15.9. The summed E-state index contributed by atoms with van der Waals surface area (Å²) in [6.07, 6.45) is 0.0843. The van der Waals surface area contributed by atoms with Gasteiger partial charge in [0.25, 0.3) is 0 Å². The van der Waals surface area contributed by atoms with Crippen LogP contribution >= 0.6 is 11.8 Å². The Bertz CT molecular complexity index is 893. The molecule has 3 N–H and O–H groups in total. The van der Waals surface area contributed by atoms with E-state index in [1.54, 1.807) is 16.4 Å². The zero-order valence-corrected chi connectivity index (χ0v) is 17.5. The fraction of sp³-hybridized carbons (Fsp3) is 0.381. The van der Waals surface area contributed by atoms with Crippen LogP contribution in [0.4, 0.5) is 0 Å². The fourth-order valence-corrected chi connectivity index (χ4v) is 4.21. The molecule has 0 bridgehead atoms. The fourth-order valence-electron chi connectivity index (χ4n) is 3.34. The van der Waals surface area contributed by atoms with Crippen molar-refractivity contribution in [1.29, 1.82) is 0 Å². The van der Waals surface area contributed by atoms with E-state index < -0.39 is 6.29 Å². The molecule has 2 aromatic carbocycles. The van der Waals surface area contributed by atoms with E-state index in [2.05, 4.69) is 15.5 Å². The largest absolute Gasteiger partial charge is 0.392 e. The van der Waals surface area contributed by atoms with E-state index in [9.17, 15) is 5.11 Å². The van der Waals surface area contributed by atoms with Gasteiger partial charge in [-0.05, 0) is 27.1 Å². The minimum Gasteiger partial charge on any atom is -0.392 e. The number of thioether (sulfide) groups is 1. The van der Waals surface area contributed by atoms with Crippen molar-refractivity contribution in [3.8, 4) is 0 Å². The summed E-state index contributed by atoms with van der Waals surface area (Å²) in [5, 5.41) is 21.7. The summed E-state index contributed by atoms with van der Waals surface area (Å²) < 4.78 is 14.3. The monoisotopic (exact) mass is 427 g/mol. The topological polar surface area (TPSA) is 108 Å². The van der Waals surface area contributed by atoms with Crippen molar-refractivity contribution in [3.63, 3.8) is 0 Å². The number of benzene rings is 2. The number of hydrogen-bond donors (Lipinski definition) is 2. The molecule has 1 fully saturated rings. The number of aliphatic hydroxyl groups excluding tert-OH is 1. The number of nitrogens with two attached hydrogens (primary N) is 1. The van der Waals surface area contributed by atoms with Crippen LogP contribution in [0.3, 0.4) is 0 Å². The number of aliphatic hydroxyl groups is 1. The first-order chi connectivity index (χ1) is 14.7. The first-order valence-electron chi connectivity index (χ1n) is 9.81. The SMILES string of the molecule is Cn1nnnc1SC[C@@H]1C[C@H](c2ccc(CO)cc2)O[C@H](c2ccc(CN)cc2)O1. The molecular weight excluding hydrogens is 402 g/mol. The van der Waals surface area contributed by atoms with Gasteiger partial charge < -0.3 is 20.3 Å². The summed E-state index contributed by atoms with van der Waals surface area (Å²) >= 11 is 1.56. The molecule has 2 heterocycles. The maximum Gasteiger partial charge on any atom is 0.209 e. The van der Waals surface area contributed by atoms with Crippen LogP contribution in [0, 0.1) is 0 Å². The predicted molar refractivity (Wildman–Crippen MR) is 112 cm³/mol. The highest BCUT2D eigenvalue weighted by molar-refractivity contribution is 7.99. The molecule has 8 nitrogen and oxygen atoms in total. The van der Waals surface area contributed by atoms with Crippen LogP contribution in [0.1, 0.15) is 41.1 Å². The summed E-state index contributed by atoms with van der Waals surface area (Å²) in [4.78, 5) is 0. The first-order valence-corrected chi connectivity index (χ1v) is 10.8. The van der Waals surface area contributed by atoms with Gasteiger partial charge in [0, 0.05) is 31.3 Å². The quantitative estimate of drug-likeness (QED) is 0.554. The zero-order chi connectivity index (χ0) is 20.9. The van der Waals surface area contributed by atoms with Crippen molar-refractivity contribution in [1.82, 2.24) is 20.2 Å². The number of tetrazole rings is 1. The minimum atomic E-state index is -0.476. The Kier molecular flexibility index (Phi) is 6.76. The Morgan fingerprint density at radius 2 is 1.77 bits per heavy atom. The van der Waals surface area contributed by atoms with Gasteiger partial charge in [-0.25, -0.2) is 4.68 Å². The Morgan fingerprint density at radius 3 is 2.40 bits per heavy atom. The second kappa shape index (κ2) is 9.67. The lowest BCUT2D eigenvalue weighted by Gasteiger charge is -2.36. The van der Waals surface area contributed by atoms with Crippen LogP contribution < -0.4 is 5.73 Å². The number of ether oxygens (including phenoxy) is 2. The highest BCUT2D eigenvalue weighted by Crippen LogP contribution is 2.39. The molecule has 9 heteroatoms. The van der Waals surface area contributed by atoms with Crippen LogP contribution in [-0.4, -0.2) is 37.2 Å².